The number of alkyl halides is 1. The van der Waals surface area contributed by atoms with Crippen LogP contribution in [0.3, 0.4) is 0 Å². The Hall–Kier alpha value is -2.20. The smallest absolute Gasteiger partial charge is 0.312 e. The van der Waals surface area contributed by atoms with Gasteiger partial charge in [-0.3, -0.25) is 14.4 Å². The molecule has 0 radical (unpaired) electrons. The van der Waals surface area contributed by atoms with Gasteiger partial charge in [-0.05, 0) is 44.2 Å². The molecule has 1 N–H and O–H groups in total. The second-order valence-electron chi connectivity index (χ2n) is 10.7. The van der Waals surface area contributed by atoms with E-state index in [0.717, 1.165) is 18.4 Å². The van der Waals surface area contributed by atoms with Crippen molar-refractivity contribution in [3.05, 3.63) is 54.1 Å². The molecular formula is C30H38BrClN2O6. The first-order valence-electron chi connectivity index (χ1n) is 13.9. The molecule has 0 aromatic heterocycles. The average molecular weight is 638 g/mol. The molecule has 1 aromatic rings. The molecule has 6 atom stereocenters. The summed E-state index contributed by atoms with van der Waals surface area (Å²) in [6, 6.07) is 4.49. The van der Waals surface area contributed by atoms with Crippen LogP contribution in [-0.4, -0.2) is 76.7 Å². The monoisotopic (exact) mass is 636 g/mol. The number of para-hydroxylation sites is 1. The van der Waals surface area contributed by atoms with E-state index in [0.29, 0.717) is 42.9 Å². The molecule has 4 rings (SSSR count). The molecule has 3 saturated heterocycles. The lowest BCUT2D eigenvalue weighted by molar-refractivity contribution is -0.154. The number of carbonyl (C=O) groups excluding carboxylic acids is 3. The molecule has 1 spiro atoms. The Morgan fingerprint density at radius 3 is 2.70 bits per heavy atom. The molecule has 10 heteroatoms. The summed E-state index contributed by atoms with van der Waals surface area (Å²) >= 11 is 10.3. The first-order chi connectivity index (χ1) is 19.2. The Morgan fingerprint density at radius 1 is 1.27 bits per heavy atom. The zero-order valence-corrected chi connectivity index (χ0v) is 25.2. The highest BCUT2D eigenvalue weighted by Gasteiger charge is 2.77. The fraction of sp³-hybridized carbons (Fsp3) is 0.567. The molecule has 0 aliphatic carbocycles. The predicted molar refractivity (Wildman–Crippen MR) is 157 cm³/mol. The predicted octanol–water partition coefficient (Wildman–Crippen LogP) is 4.59. The first-order valence-corrected chi connectivity index (χ1v) is 15.2. The molecule has 2 bridgehead atoms. The fourth-order valence-electron chi connectivity index (χ4n) is 6.54. The van der Waals surface area contributed by atoms with E-state index < -0.39 is 35.6 Å². The van der Waals surface area contributed by atoms with Crippen LogP contribution in [0.15, 0.2) is 43.5 Å². The Morgan fingerprint density at radius 2 is 2.02 bits per heavy atom. The largest absolute Gasteiger partial charge is 0.465 e. The minimum absolute atomic E-state index is 0.111. The summed E-state index contributed by atoms with van der Waals surface area (Å²) in [5, 5.41) is 9.58. The number of hydrogen-bond donors (Lipinski definition) is 1. The number of anilines is 1. The van der Waals surface area contributed by atoms with Gasteiger partial charge in [-0.25, -0.2) is 0 Å². The third-order valence-electron chi connectivity index (χ3n) is 8.20. The quantitative estimate of drug-likeness (QED) is 0.139. The lowest BCUT2D eigenvalue weighted by Gasteiger charge is -2.37. The second-order valence-corrected chi connectivity index (χ2v) is 12.3. The van der Waals surface area contributed by atoms with Gasteiger partial charge < -0.3 is 24.4 Å². The summed E-state index contributed by atoms with van der Waals surface area (Å²) in [5.41, 5.74) is 0.192. The average Bonchev–Trinajstić information content (AvgIpc) is 3.51. The third kappa shape index (κ3) is 5.50. The molecule has 0 saturated carbocycles. The number of fused-ring (bicyclic) bond motifs is 1. The summed E-state index contributed by atoms with van der Waals surface area (Å²) in [6.45, 7) is 10.2. The second kappa shape index (κ2) is 13.2. The van der Waals surface area contributed by atoms with Crippen molar-refractivity contribution in [2.75, 3.05) is 31.2 Å². The number of benzene rings is 1. The van der Waals surface area contributed by atoms with Gasteiger partial charge in [-0.2, -0.15) is 0 Å². The highest BCUT2D eigenvalue weighted by atomic mass is 79.9. The summed E-state index contributed by atoms with van der Waals surface area (Å²) in [6.07, 6.45) is 6.56. The van der Waals surface area contributed by atoms with Crippen molar-refractivity contribution in [2.45, 2.75) is 68.0 Å². The van der Waals surface area contributed by atoms with E-state index in [9.17, 15) is 14.4 Å². The van der Waals surface area contributed by atoms with E-state index in [1.54, 1.807) is 28.0 Å². The van der Waals surface area contributed by atoms with Crippen LogP contribution in [-0.2, 0) is 23.9 Å². The maximum Gasteiger partial charge on any atom is 0.312 e. The van der Waals surface area contributed by atoms with Crippen molar-refractivity contribution in [1.29, 1.82) is 0 Å². The molecule has 3 aliphatic heterocycles. The van der Waals surface area contributed by atoms with Crippen molar-refractivity contribution < 1.29 is 29.0 Å². The number of amides is 2. The standard InChI is InChI=1S/C30H38BrClN2O6/c1-4-6-17-39-29(38)22-23-27(36)34(15-9-7-8-10-16-35)26(30(23)18-20(31)25(22)40-30)28(37)33(14-5-2)24-19(3)12-11-13-21(24)32/h4-5,11-13,20,22-23,25-26,35H,1-2,6-10,14-18H2,3H3/t20?,22-,23-,25-,26?,30?/m0/s1. The maximum absolute atomic E-state index is 14.6. The number of esters is 1. The number of nitrogens with zero attached hydrogens (tertiary/aromatic N) is 2. The van der Waals surface area contributed by atoms with Crippen LogP contribution in [0.4, 0.5) is 5.69 Å². The van der Waals surface area contributed by atoms with Gasteiger partial charge >= 0.3 is 5.97 Å². The SMILES string of the molecule is C=CCCOC(=O)[C@H]1[C@H]2C(=O)N(CCCCCCO)C(C(=O)N(CC=C)c3c(C)cccc3Cl)C23CC(Br)[C@@H]1O3. The number of ether oxygens (including phenoxy) is 2. The van der Waals surface area contributed by atoms with E-state index >= 15 is 0 Å². The third-order valence-corrected chi connectivity index (χ3v) is 9.35. The molecule has 218 valence electrons. The van der Waals surface area contributed by atoms with Crippen molar-refractivity contribution in [3.8, 4) is 0 Å². The molecule has 40 heavy (non-hydrogen) atoms. The molecule has 3 fully saturated rings. The van der Waals surface area contributed by atoms with Crippen LogP contribution in [0.25, 0.3) is 0 Å². The number of hydrogen-bond acceptors (Lipinski definition) is 6. The topological polar surface area (TPSA) is 96.4 Å². The first kappa shape index (κ1) is 30.8. The number of likely N-dealkylation sites (tertiary alicyclic amines) is 1. The van der Waals surface area contributed by atoms with E-state index in [-0.39, 0.29) is 36.4 Å². The van der Waals surface area contributed by atoms with Crippen LogP contribution >= 0.6 is 27.5 Å². The lowest BCUT2D eigenvalue weighted by Crippen LogP contribution is -2.57. The van der Waals surface area contributed by atoms with Gasteiger partial charge in [0.1, 0.15) is 11.6 Å². The number of carbonyl (C=O) groups is 3. The van der Waals surface area contributed by atoms with E-state index in [1.807, 2.05) is 19.1 Å². The summed E-state index contributed by atoms with van der Waals surface area (Å²) in [4.78, 5) is 45.1. The summed E-state index contributed by atoms with van der Waals surface area (Å²) < 4.78 is 12.1. The van der Waals surface area contributed by atoms with Crippen molar-refractivity contribution in [2.24, 2.45) is 11.8 Å². The molecule has 3 aliphatic rings. The number of aliphatic hydroxyl groups excluding tert-OH is 1. The Labute approximate surface area is 249 Å². The van der Waals surface area contributed by atoms with Crippen LogP contribution < -0.4 is 4.90 Å². The van der Waals surface area contributed by atoms with E-state index in [4.69, 9.17) is 26.2 Å². The van der Waals surface area contributed by atoms with Gasteiger partial charge in [0.25, 0.3) is 5.91 Å². The van der Waals surface area contributed by atoms with E-state index in [2.05, 4.69) is 29.1 Å². The number of rotatable bonds is 14. The van der Waals surface area contributed by atoms with Crippen molar-refractivity contribution >= 4 is 51.0 Å². The zero-order valence-electron chi connectivity index (χ0n) is 22.9. The summed E-state index contributed by atoms with van der Waals surface area (Å²) in [5.74, 6) is -2.71. The Bertz CT molecular complexity index is 1130. The highest BCUT2D eigenvalue weighted by Crippen LogP contribution is 2.60. The van der Waals surface area contributed by atoms with Gasteiger partial charge in [0.2, 0.25) is 5.91 Å². The Kier molecular flexibility index (Phi) is 10.1. The summed E-state index contributed by atoms with van der Waals surface area (Å²) in [7, 11) is 0. The van der Waals surface area contributed by atoms with Gasteiger partial charge in [0.15, 0.2) is 0 Å². The minimum Gasteiger partial charge on any atom is -0.465 e. The molecule has 8 nitrogen and oxygen atoms in total. The Balaban J connectivity index is 1.74. The molecule has 2 amide bonds. The van der Waals surface area contributed by atoms with Gasteiger partial charge in [0, 0.05) is 24.5 Å². The number of unbranched alkanes of at least 4 members (excludes halogenated alkanes) is 3. The van der Waals surface area contributed by atoms with Gasteiger partial charge in [0.05, 0.1) is 35.3 Å². The number of halogens is 2. The van der Waals surface area contributed by atoms with Gasteiger partial charge in [-0.1, -0.05) is 64.7 Å². The van der Waals surface area contributed by atoms with Crippen LogP contribution in [0, 0.1) is 18.8 Å². The molecule has 3 unspecified atom stereocenters. The molecule has 1 aromatic carbocycles. The number of aryl methyl sites for hydroxylation is 1. The highest BCUT2D eigenvalue weighted by molar-refractivity contribution is 9.09. The fourth-order valence-corrected chi connectivity index (χ4v) is 7.80. The van der Waals surface area contributed by atoms with E-state index in [1.165, 1.54) is 0 Å². The molecular weight excluding hydrogens is 600 g/mol. The van der Waals surface area contributed by atoms with Crippen LogP contribution in [0.5, 0.6) is 0 Å². The van der Waals surface area contributed by atoms with Crippen LogP contribution in [0.1, 0.15) is 44.1 Å². The van der Waals surface area contributed by atoms with Gasteiger partial charge in [-0.15, -0.1) is 13.2 Å². The minimum atomic E-state index is -1.19. The zero-order chi connectivity index (χ0) is 29.0. The maximum atomic E-state index is 14.6. The normalized spacial score (nSPS) is 28.4. The lowest BCUT2D eigenvalue weighted by atomic mass is 9.70. The van der Waals surface area contributed by atoms with Crippen molar-refractivity contribution in [1.82, 2.24) is 4.90 Å². The molecule has 3 heterocycles. The van der Waals surface area contributed by atoms with Crippen molar-refractivity contribution in [3.63, 3.8) is 0 Å². The van der Waals surface area contributed by atoms with Crippen LogP contribution in [0.2, 0.25) is 5.02 Å². The number of aliphatic hydroxyl groups is 1.